The minimum atomic E-state index is 0.329. The van der Waals surface area contributed by atoms with Gasteiger partial charge in [-0.25, -0.2) is 0 Å². The van der Waals surface area contributed by atoms with E-state index in [0.29, 0.717) is 11.8 Å². The fourth-order valence-corrected chi connectivity index (χ4v) is 2.64. The van der Waals surface area contributed by atoms with Crippen LogP contribution in [0.5, 0.6) is 0 Å². The Morgan fingerprint density at radius 1 is 1.20 bits per heavy atom. The van der Waals surface area contributed by atoms with E-state index in [2.05, 4.69) is 76.5 Å². The lowest BCUT2D eigenvalue weighted by atomic mass is 9.84. The first-order chi connectivity index (χ1) is 9.47. The number of allylic oxidation sites excluding steroid dienone is 3. The van der Waals surface area contributed by atoms with Crippen LogP contribution in [0.25, 0.3) is 0 Å². The van der Waals surface area contributed by atoms with E-state index >= 15 is 0 Å². The van der Waals surface area contributed by atoms with Crippen LogP contribution in [-0.4, -0.2) is 0 Å². The highest BCUT2D eigenvalue weighted by atomic mass is 14.8. The molecular weight excluding hydrogens is 242 g/mol. The van der Waals surface area contributed by atoms with Gasteiger partial charge >= 0.3 is 0 Å². The van der Waals surface area contributed by atoms with Crippen LogP contribution in [0.2, 0.25) is 0 Å². The molecule has 0 aliphatic heterocycles. The van der Waals surface area contributed by atoms with E-state index in [-0.39, 0.29) is 0 Å². The molecular formula is C19H27N. The second-order valence-electron chi connectivity index (χ2n) is 5.72. The fraction of sp³-hybridized carbons (Fsp3) is 0.368. The van der Waals surface area contributed by atoms with Crippen molar-refractivity contribution < 1.29 is 0 Å². The van der Waals surface area contributed by atoms with Crippen LogP contribution in [0, 0.1) is 5.92 Å². The first kappa shape index (κ1) is 16.3. The van der Waals surface area contributed by atoms with E-state index in [4.69, 9.17) is 0 Å². The van der Waals surface area contributed by atoms with Crippen LogP contribution < -0.4 is 5.32 Å². The number of hydrogen-bond acceptors (Lipinski definition) is 1. The van der Waals surface area contributed by atoms with Crippen molar-refractivity contribution in [2.24, 2.45) is 5.92 Å². The molecule has 1 aromatic rings. The first-order valence-corrected chi connectivity index (χ1v) is 7.28. The van der Waals surface area contributed by atoms with Gasteiger partial charge in [-0.05, 0) is 42.2 Å². The van der Waals surface area contributed by atoms with Crippen molar-refractivity contribution in [3.8, 4) is 0 Å². The van der Waals surface area contributed by atoms with Gasteiger partial charge in [-0.15, -0.1) is 0 Å². The molecule has 108 valence electrons. The molecule has 20 heavy (non-hydrogen) atoms. The summed E-state index contributed by atoms with van der Waals surface area (Å²) < 4.78 is 0. The molecule has 0 aromatic heterocycles. The van der Waals surface area contributed by atoms with Crippen LogP contribution in [0.4, 0.5) is 0 Å². The number of benzene rings is 1. The van der Waals surface area contributed by atoms with Crippen molar-refractivity contribution in [2.75, 3.05) is 0 Å². The van der Waals surface area contributed by atoms with E-state index in [9.17, 15) is 0 Å². The molecule has 0 aliphatic carbocycles. The molecule has 1 N–H and O–H groups in total. The van der Waals surface area contributed by atoms with Gasteiger partial charge in [0, 0.05) is 11.6 Å². The topological polar surface area (TPSA) is 12.0 Å². The smallest absolute Gasteiger partial charge is 0.0156 e. The largest absolute Gasteiger partial charge is 0.366 e. The lowest BCUT2D eigenvalue weighted by Crippen LogP contribution is -2.12. The molecule has 0 fully saturated rings. The maximum atomic E-state index is 4.31. The van der Waals surface area contributed by atoms with Crippen LogP contribution in [0.15, 0.2) is 66.5 Å². The summed E-state index contributed by atoms with van der Waals surface area (Å²) in [6.45, 7) is 16.9. The third-order valence-corrected chi connectivity index (χ3v) is 3.49. The Morgan fingerprint density at radius 3 is 2.30 bits per heavy atom. The first-order valence-electron chi connectivity index (χ1n) is 7.28. The van der Waals surface area contributed by atoms with Gasteiger partial charge in [0.15, 0.2) is 0 Å². The highest BCUT2D eigenvalue weighted by Crippen LogP contribution is 2.33. The van der Waals surface area contributed by atoms with Gasteiger partial charge < -0.3 is 5.32 Å². The summed E-state index contributed by atoms with van der Waals surface area (Å²) in [7, 11) is 0. The van der Waals surface area contributed by atoms with E-state index in [1.165, 1.54) is 16.7 Å². The third kappa shape index (κ3) is 4.41. The van der Waals surface area contributed by atoms with Gasteiger partial charge in [-0.3, -0.25) is 0 Å². The SMILES string of the molecule is C=CN/C(C)=C(/C(=C)CC(C)C)C(C)c1ccccc1. The maximum Gasteiger partial charge on any atom is 0.0156 e. The van der Waals surface area contributed by atoms with Crippen LogP contribution >= 0.6 is 0 Å². The highest BCUT2D eigenvalue weighted by molar-refractivity contribution is 5.42. The minimum absolute atomic E-state index is 0.329. The summed E-state index contributed by atoms with van der Waals surface area (Å²) in [5.41, 5.74) is 4.97. The normalized spacial score (nSPS) is 13.7. The van der Waals surface area contributed by atoms with Crippen molar-refractivity contribution in [1.29, 1.82) is 0 Å². The molecule has 0 saturated heterocycles. The Hall–Kier alpha value is -1.76. The zero-order valence-corrected chi connectivity index (χ0v) is 13.2. The van der Waals surface area contributed by atoms with Crippen molar-refractivity contribution in [3.05, 3.63) is 72.1 Å². The molecule has 0 heterocycles. The maximum absolute atomic E-state index is 4.31. The quantitative estimate of drug-likeness (QED) is 0.653. The van der Waals surface area contributed by atoms with Crippen LogP contribution in [0.1, 0.15) is 45.6 Å². The average molecular weight is 269 g/mol. The Kier molecular flexibility index (Phi) is 6.30. The van der Waals surface area contributed by atoms with E-state index in [1.54, 1.807) is 6.20 Å². The fourth-order valence-electron chi connectivity index (χ4n) is 2.64. The molecule has 0 bridgehead atoms. The van der Waals surface area contributed by atoms with Gasteiger partial charge in [0.1, 0.15) is 0 Å². The highest BCUT2D eigenvalue weighted by Gasteiger charge is 2.17. The molecule has 1 nitrogen and oxygen atoms in total. The number of nitrogens with one attached hydrogen (secondary N) is 1. The van der Waals surface area contributed by atoms with Crippen LogP contribution in [0.3, 0.4) is 0 Å². The molecule has 1 atom stereocenters. The van der Waals surface area contributed by atoms with E-state index < -0.39 is 0 Å². The van der Waals surface area contributed by atoms with Crippen molar-refractivity contribution in [2.45, 2.75) is 40.0 Å². The average Bonchev–Trinajstić information content (AvgIpc) is 2.39. The van der Waals surface area contributed by atoms with E-state index in [0.717, 1.165) is 12.1 Å². The molecule has 1 heteroatoms. The zero-order chi connectivity index (χ0) is 15.1. The summed E-state index contributed by atoms with van der Waals surface area (Å²) in [4.78, 5) is 0. The molecule has 0 aliphatic rings. The van der Waals surface area contributed by atoms with Gasteiger partial charge in [0.2, 0.25) is 0 Å². The summed E-state index contributed by atoms with van der Waals surface area (Å²) in [5, 5.41) is 3.23. The summed E-state index contributed by atoms with van der Waals surface area (Å²) in [5.74, 6) is 0.937. The predicted octanol–water partition coefficient (Wildman–Crippen LogP) is 5.40. The van der Waals surface area contributed by atoms with Crippen molar-refractivity contribution in [3.63, 3.8) is 0 Å². The second kappa shape index (κ2) is 7.74. The number of hydrogen-bond donors (Lipinski definition) is 1. The molecule has 1 unspecified atom stereocenters. The molecule has 1 rings (SSSR count). The molecule has 0 saturated carbocycles. The monoisotopic (exact) mass is 269 g/mol. The zero-order valence-electron chi connectivity index (χ0n) is 13.2. The predicted molar refractivity (Wildman–Crippen MR) is 89.5 cm³/mol. The lowest BCUT2D eigenvalue weighted by Gasteiger charge is -2.23. The summed E-state index contributed by atoms with van der Waals surface area (Å²) in [6.07, 6.45) is 2.75. The standard InChI is InChI=1S/C19H27N/c1-7-20-17(6)19(15(4)13-14(2)3)16(5)18-11-9-8-10-12-18/h7-12,14,16,20H,1,4,13H2,2-3,5-6H3/b19-17-. The minimum Gasteiger partial charge on any atom is -0.366 e. The lowest BCUT2D eigenvalue weighted by molar-refractivity contribution is 0.637. The number of rotatable bonds is 7. The molecule has 0 spiro atoms. The Bertz CT molecular complexity index is 480. The Balaban J connectivity index is 3.14. The van der Waals surface area contributed by atoms with Gasteiger partial charge in [-0.2, -0.15) is 0 Å². The van der Waals surface area contributed by atoms with E-state index in [1.807, 2.05) is 0 Å². The summed E-state index contributed by atoms with van der Waals surface area (Å²) >= 11 is 0. The second-order valence-corrected chi connectivity index (χ2v) is 5.72. The van der Waals surface area contributed by atoms with Crippen molar-refractivity contribution >= 4 is 0 Å². The van der Waals surface area contributed by atoms with Gasteiger partial charge in [0.25, 0.3) is 0 Å². The van der Waals surface area contributed by atoms with Crippen molar-refractivity contribution in [1.82, 2.24) is 5.32 Å². The molecule has 0 radical (unpaired) electrons. The Labute approximate surface area is 124 Å². The molecule has 1 aromatic carbocycles. The molecule has 0 amide bonds. The van der Waals surface area contributed by atoms with Gasteiger partial charge in [0.05, 0.1) is 0 Å². The van der Waals surface area contributed by atoms with Crippen LogP contribution in [-0.2, 0) is 0 Å². The van der Waals surface area contributed by atoms with Gasteiger partial charge in [-0.1, -0.05) is 64.3 Å². The third-order valence-electron chi connectivity index (χ3n) is 3.49. The Morgan fingerprint density at radius 2 is 1.80 bits per heavy atom. The summed E-state index contributed by atoms with van der Waals surface area (Å²) in [6, 6.07) is 10.6.